The summed E-state index contributed by atoms with van der Waals surface area (Å²) in [5.74, 6) is 3.21. The highest BCUT2D eigenvalue weighted by Crippen LogP contribution is 2.49. The highest BCUT2D eigenvalue weighted by molar-refractivity contribution is 5.80. The molecule has 7 atom stereocenters. The van der Waals surface area contributed by atoms with Crippen molar-refractivity contribution in [2.75, 3.05) is 0 Å². The summed E-state index contributed by atoms with van der Waals surface area (Å²) in [6, 6.07) is 1.48. The van der Waals surface area contributed by atoms with E-state index in [4.69, 9.17) is 0 Å². The van der Waals surface area contributed by atoms with Gasteiger partial charge in [0.25, 0.3) is 0 Å². The average Bonchev–Trinajstić information content (AvgIpc) is 3.17. The van der Waals surface area contributed by atoms with Crippen molar-refractivity contribution in [1.29, 1.82) is 0 Å². The molecule has 1 amide bonds. The van der Waals surface area contributed by atoms with E-state index in [0.717, 1.165) is 24.2 Å². The van der Waals surface area contributed by atoms with Gasteiger partial charge in [0.1, 0.15) is 0 Å². The monoisotopic (exact) mass is 262 g/mol. The molecule has 0 aromatic carbocycles. The van der Waals surface area contributed by atoms with Crippen LogP contribution >= 0.6 is 0 Å². The maximum Gasteiger partial charge on any atom is 0.224 e. The Hall–Kier alpha value is -0.570. The Morgan fingerprint density at radius 3 is 2.63 bits per heavy atom. The van der Waals surface area contributed by atoms with Gasteiger partial charge in [-0.25, -0.2) is 0 Å². The summed E-state index contributed by atoms with van der Waals surface area (Å²) in [4.78, 5) is 12.5. The second-order valence-corrected chi connectivity index (χ2v) is 7.53. The maximum atomic E-state index is 12.5. The molecule has 7 unspecified atom stereocenters. The summed E-state index contributed by atoms with van der Waals surface area (Å²) in [7, 11) is 0. The molecule has 3 heteroatoms. The molecule has 2 aliphatic heterocycles. The van der Waals surface area contributed by atoms with Crippen LogP contribution in [0.5, 0.6) is 0 Å². The molecule has 4 fully saturated rings. The molecule has 0 radical (unpaired) electrons. The Morgan fingerprint density at radius 1 is 1.16 bits per heavy atom. The quantitative estimate of drug-likeness (QED) is 0.817. The van der Waals surface area contributed by atoms with Gasteiger partial charge in [-0.15, -0.1) is 0 Å². The lowest BCUT2D eigenvalue weighted by atomic mass is 9.83. The highest BCUT2D eigenvalue weighted by Gasteiger charge is 2.45. The minimum Gasteiger partial charge on any atom is -0.353 e. The van der Waals surface area contributed by atoms with Gasteiger partial charge in [-0.2, -0.15) is 0 Å². The van der Waals surface area contributed by atoms with E-state index in [0.29, 0.717) is 24.0 Å². The van der Waals surface area contributed by atoms with Gasteiger partial charge in [0, 0.05) is 18.1 Å². The molecule has 0 spiro atoms. The summed E-state index contributed by atoms with van der Waals surface area (Å²) in [5, 5.41) is 6.92. The third-order valence-electron chi connectivity index (χ3n) is 6.44. The molecule has 19 heavy (non-hydrogen) atoms. The largest absolute Gasteiger partial charge is 0.353 e. The Balaban J connectivity index is 1.35. The van der Waals surface area contributed by atoms with Crippen molar-refractivity contribution >= 4 is 5.91 Å². The normalized spacial score (nSPS) is 48.7. The first-order chi connectivity index (χ1) is 9.20. The molecule has 2 saturated heterocycles. The fourth-order valence-electron chi connectivity index (χ4n) is 5.46. The smallest absolute Gasteiger partial charge is 0.224 e. The minimum atomic E-state index is 0.250. The number of amides is 1. The van der Waals surface area contributed by atoms with Crippen LogP contribution in [-0.2, 0) is 4.79 Å². The molecular formula is C16H26N2O. The second-order valence-electron chi connectivity index (χ2n) is 7.53. The first kappa shape index (κ1) is 12.2. The lowest BCUT2D eigenvalue weighted by Crippen LogP contribution is -2.45. The number of fused-ring (bicyclic) bond motifs is 4. The Labute approximate surface area is 115 Å². The van der Waals surface area contributed by atoms with Crippen molar-refractivity contribution < 1.29 is 4.79 Å². The Morgan fingerprint density at radius 2 is 2.05 bits per heavy atom. The van der Waals surface area contributed by atoms with Gasteiger partial charge in [0.05, 0.1) is 5.92 Å². The molecule has 2 aliphatic carbocycles. The molecule has 0 aromatic rings. The predicted molar refractivity (Wildman–Crippen MR) is 74.6 cm³/mol. The lowest BCUT2D eigenvalue weighted by molar-refractivity contribution is -0.126. The van der Waals surface area contributed by atoms with E-state index in [1.807, 2.05) is 0 Å². The van der Waals surface area contributed by atoms with E-state index < -0.39 is 0 Å². The van der Waals surface area contributed by atoms with Crippen LogP contribution in [0.15, 0.2) is 0 Å². The van der Waals surface area contributed by atoms with Crippen molar-refractivity contribution in [3.8, 4) is 0 Å². The van der Waals surface area contributed by atoms with Crippen LogP contribution in [0.3, 0.4) is 0 Å². The van der Waals surface area contributed by atoms with Crippen molar-refractivity contribution in [1.82, 2.24) is 10.6 Å². The fourth-order valence-corrected chi connectivity index (χ4v) is 5.46. The highest BCUT2D eigenvalue weighted by atomic mass is 16.2. The third kappa shape index (κ3) is 2.01. The van der Waals surface area contributed by atoms with Crippen LogP contribution in [0.25, 0.3) is 0 Å². The fraction of sp³-hybridized carbons (Fsp3) is 0.938. The van der Waals surface area contributed by atoms with Gasteiger partial charge in [0.15, 0.2) is 0 Å². The van der Waals surface area contributed by atoms with Gasteiger partial charge in [0.2, 0.25) is 5.91 Å². The summed E-state index contributed by atoms with van der Waals surface area (Å²) < 4.78 is 0. The maximum absolute atomic E-state index is 12.5. The topological polar surface area (TPSA) is 41.1 Å². The van der Waals surface area contributed by atoms with E-state index in [1.165, 1.54) is 38.5 Å². The molecular weight excluding hydrogens is 236 g/mol. The molecule has 4 rings (SSSR count). The van der Waals surface area contributed by atoms with Crippen LogP contribution in [0.4, 0.5) is 0 Å². The molecule has 3 nitrogen and oxygen atoms in total. The van der Waals surface area contributed by atoms with Crippen LogP contribution in [-0.4, -0.2) is 24.0 Å². The zero-order valence-electron chi connectivity index (χ0n) is 11.9. The molecule has 106 valence electrons. The zero-order valence-corrected chi connectivity index (χ0v) is 11.9. The van der Waals surface area contributed by atoms with Crippen LogP contribution in [0.2, 0.25) is 0 Å². The zero-order chi connectivity index (χ0) is 13.0. The summed E-state index contributed by atoms with van der Waals surface area (Å²) in [5.41, 5.74) is 0. The number of nitrogens with one attached hydrogen (secondary N) is 2. The summed E-state index contributed by atoms with van der Waals surface area (Å²) >= 11 is 0. The summed E-state index contributed by atoms with van der Waals surface area (Å²) in [6.07, 6.45) is 9.19. The van der Waals surface area contributed by atoms with E-state index in [-0.39, 0.29) is 5.92 Å². The summed E-state index contributed by atoms with van der Waals surface area (Å²) in [6.45, 7) is 2.24. The molecule has 4 bridgehead atoms. The van der Waals surface area contributed by atoms with E-state index >= 15 is 0 Å². The van der Waals surface area contributed by atoms with Gasteiger partial charge >= 0.3 is 0 Å². The molecule has 2 heterocycles. The van der Waals surface area contributed by atoms with Crippen molar-refractivity contribution in [2.45, 2.75) is 70.0 Å². The predicted octanol–water partition coefficient (Wildman–Crippen LogP) is 2.07. The van der Waals surface area contributed by atoms with Gasteiger partial charge in [-0.1, -0.05) is 6.42 Å². The average molecular weight is 262 g/mol. The number of carbonyl (C=O) groups is 1. The number of carbonyl (C=O) groups excluding carboxylic acids is 1. The van der Waals surface area contributed by atoms with Crippen molar-refractivity contribution in [2.24, 2.45) is 23.7 Å². The van der Waals surface area contributed by atoms with Gasteiger partial charge in [-0.3, -0.25) is 4.79 Å². The Bertz CT molecular complexity index is 383. The third-order valence-corrected chi connectivity index (χ3v) is 6.44. The van der Waals surface area contributed by atoms with E-state index in [9.17, 15) is 4.79 Å². The van der Waals surface area contributed by atoms with Crippen molar-refractivity contribution in [3.05, 3.63) is 0 Å². The van der Waals surface area contributed by atoms with Crippen LogP contribution < -0.4 is 10.6 Å². The number of hydrogen-bond donors (Lipinski definition) is 2. The standard InChI is InChI=1S/C16H26N2O/c1-9(13-7-10-2-3-11(13)6-10)17-16(19)14-8-12-4-5-15(14)18-12/h9-15,18H,2-8H2,1H3,(H,17,19). The second kappa shape index (κ2) is 4.47. The van der Waals surface area contributed by atoms with E-state index in [2.05, 4.69) is 17.6 Å². The van der Waals surface area contributed by atoms with Crippen LogP contribution in [0.1, 0.15) is 51.9 Å². The first-order valence-electron chi connectivity index (χ1n) is 8.27. The lowest BCUT2D eigenvalue weighted by Gasteiger charge is -2.30. The van der Waals surface area contributed by atoms with Gasteiger partial charge < -0.3 is 10.6 Å². The Kier molecular flexibility index (Phi) is 2.87. The van der Waals surface area contributed by atoms with Crippen LogP contribution in [0, 0.1) is 23.7 Å². The minimum absolute atomic E-state index is 0.250. The number of hydrogen-bond acceptors (Lipinski definition) is 2. The first-order valence-corrected chi connectivity index (χ1v) is 8.27. The molecule has 0 aromatic heterocycles. The van der Waals surface area contributed by atoms with E-state index in [1.54, 1.807) is 0 Å². The van der Waals surface area contributed by atoms with Gasteiger partial charge in [-0.05, 0) is 63.2 Å². The molecule has 2 N–H and O–H groups in total. The molecule has 4 aliphatic rings. The SMILES string of the molecule is CC(NC(=O)C1CC2CCC1N2)C1CC2CCC1C2. The molecule has 2 saturated carbocycles. The number of rotatable bonds is 3. The van der Waals surface area contributed by atoms with Crippen molar-refractivity contribution in [3.63, 3.8) is 0 Å².